The fraction of sp³-hybridized carbons (Fsp3) is 0.0667. The van der Waals surface area contributed by atoms with E-state index in [9.17, 15) is 4.79 Å². The summed E-state index contributed by atoms with van der Waals surface area (Å²) in [7, 11) is 0. The number of urea groups is 1. The lowest BCUT2D eigenvalue weighted by Crippen LogP contribution is -2.38. The average Bonchev–Trinajstić information content (AvgIpc) is 2.46. The van der Waals surface area contributed by atoms with Gasteiger partial charge in [0.15, 0.2) is 0 Å². The van der Waals surface area contributed by atoms with Gasteiger partial charge in [0, 0.05) is 5.69 Å². The van der Waals surface area contributed by atoms with Crippen LogP contribution in [0.25, 0.3) is 0 Å². The van der Waals surface area contributed by atoms with E-state index in [1.54, 1.807) is 12.1 Å². The lowest BCUT2D eigenvalue weighted by atomic mass is 10.1. The second-order valence-electron chi connectivity index (χ2n) is 4.21. The molecule has 0 heterocycles. The molecule has 0 radical (unpaired) electrons. The first-order valence-electron chi connectivity index (χ1n) is 6.13. The first-order chi connectivity index (χ1) is 9.66. The number of para-hydroxylation sites is 1. The number of hydrogen-bond donors (Lipinski definition) is 3. The summed E-state index contributed by atoms with van der Waals surface area (Å²) in [5, 5.41) is 5.50. The molecule has 0 aliphatic carbocycles. The van der Waals surface area contributed by atoms with Crippen molar-refractivity contribution in [3.05, 3.63) is 66.2 Å². The number of carbonyl (C=O) groups is 1. The van der Waals surface area contributed by atoms with Crippen LogP contribution in [0, 0.1) is 0 Å². The predicted molar refractivity (Wildman–Crippen MR) is 84.6 cm³/mol. The van der Waals surface area contributed by atoms with Crippen LogP contribution < -0.4 is 16.4 Å². The molecule has 1 atom stereocenters. The minimum Gasteiger partial charge on any atom is -0.391 e. The molecule has 5 heteroatoms. The third-order valence-corrected chi connectivity index (χ3v) is 2.96. The van der Waals surface area contributed by atoms with Gasteiger partial charge >= 0.3 is 6.03 Å². The van der Waals surface area contributed by atoms with E-state index in [2.05, 4.69) is 10.6 Å². The number of anilines is 1. The Morgan fingerprint density at radius 3 is 2.10 bits per heavy atom. The van der Waals surface area contributed by atoms with E-state index in [-0.39, 0.29) is 11.0 Å². The van der Waals surface area contributed by atoms with Gasteiger partial charge in [-0.05, 0) is 17.7 Å². The Kier molecular flexibility index (Phi) is 4.68. The second kappa shape index (κ2) is 6.68. The molecule has 0 aliphatic rings. The van der Waals surface area contributed by atoms with Gasteiger partial charge < -0.3 is 16.4 Å². The molecule has 102 valence electrons. The maximum absolute atomic E-state index is 12.0. The number of amides is 2. The number of thiocarbonyl (C=S) groups is 1. The zero-order valence-corrected chi connectivity index (χ0v) is 11.6. The molecule has 20 heavy (non-hydrogen) atoms. The maximum atomic E-state index is 12.0. The fourth-order valence-corrected chi connectivity index (χ4v) is 1.98. The van der Waals surface area contributed by atoms with E-state index in [1.165, 1.54) is 0 Å². The van der Waals surface area contributed by atoms with Gasteiger partial charge in [-0.2, -0.15) is 0 Å². The third-order valence-electron chi connectivity index (χ3n) is 2.72. The molecule has 0 bridgehead atoms. The number of rotatable bonds is 4. The molecule has 4 N–H and O–H groups in total. The monoisotopic (exact) mass is 285 g/mol. The Morgan fingerprint density at radius 1 is 1.00 bits per heavy atom. The summed E-state index contributed by atoms with van der Waals surface area (Å²) in [4.78, 5) is 12.2. The summed E-state index contributed by atoms with van der Waals surface area (Å²) in [6.07, 6.45) is 0. The molecule has 2 aromatic rings. The van der Waals surface area contributed by atoms with Gasteiger partial charge in [0.25, 0.3) is 0 Å². The molecule has 0 saturated heterocycles. The SMILES string of the molecule is NC(=S)C(NC(=O)Nc1ccccc1)c1ccccc1. The van der Waals surface area contributed by atoms with E-state index >= 15 is 0 Å². The Morgan fingerprint density at radius 2 is 1.55 bits per heavy atom. The van der Waals surface area contributed by atoms with Crippen LogP contribution in [0.1, 0.15) is 11.6 Å². The second-order valence-corrected chi connectivity index (χ2v) is 4.68. The van der Waals surface area contributed by atoms with Crippen LogP contribution in [0.5, 0.6) is 0 Å². The van der Waals surface area contributed by atoms with Gasteiger partial charge in [0.1, 0.15) is 11.0 Å². The Hall–Kier alpha value is -2.40. The van der Waals surface area contributed by atoms with Crippen LogP contribution in [0.2, 0.25) is 0 Å². The highest BCUT2D eigenvalue weighted by molar-refractivity contribution is 7.80. The van der Waals surface area contributed by atoms with Crippen molar-refractivity contribution in [1.29, 1.82) is 0 Å². The van der Waals surface area contributed by atoms with Gasteiger partial charge in [-0.25, -0.2) is 4.79 Å². The fourth-order valence-electron chi connectivity index (χ4n) is 1.78. The maximum Gasteiger partial charge on any atom is 0.320 e. The third kappa shape index (κ3) is 3.80. The molecule has 0 aliphatic heterocycles. The Balaban J connectivity index is 2.06. The van der Waals surface area contributed by atoms with E-state index in [0.717, 1.165) is 5.56 Å². The van der Waals surface area contributed by atoms with Crippen LogP contribution in [-0.2, 0) is 0 Å². The van der Waals surface area contributed by atoms with Crippen molar-refractivity contribution in [2.75, 3.05) is 5.32 Å². The lowest BCUT2D eigenvalue weighted by Gasteiger charge is -2.18. The molecule has 2 amide bonds. The van der Waals surface area contributed by atoms with Crippen molar-refractivity contribution in [1.82, 2.24) is 5.32 Å². The molecule has 0 fully saturated rings. The summed E-state index contributed by atoms with van der Waals surface area (Å²) < 4.78 is 0. The first kappa shape index (κ1) is 14.0. The van der Waals surface area contributed by atoms with Gasteiger partial charge in [-0.3, -0.25) is 0 Å². The van der Waals surface area contributed by atoms with Crippen molar-refractivity contribution < 1.29 is 4.79 Å². The summed E-state index contributed by atoms with van der Waals surface area (Å²) in [6, 6.07) is 17.7. The Bertz CT molecular complexity index is 587. The van der Waals surface area contributed by atoms with Crippen LogP contribution >= 0.6 is 12.2 Å². The van der Waals surface area contributed by atoms with E-state index < -0.39 is 6.04 Å². The standard InChI is InChI=1S/C15H15N3OS/c16-14(20)13(11-7-3-1-4-8-11)18-15(19)17-12-9-5-2-6-10-12/h1-10,13H,(H2,16,20)(H2,17,18,19). The minimum atomic E-state index is -0.491. The van der Waals surface area contributed by atoms with E-state index in [0.29, 0.717) is 5.69 Å². The quantitative estimate of drug-likeness (QED) is 0.757. The molecule has 2 rings (SSSR count). The number of carbonyl (C=O) groups excluding carboxylic acids is 1. The molecule has 2 aromatic carbocycles. The smallest absolute Gasteiger partial charge is 0.320 e. The normalized spacial score (nSPS) is 11.4. The van der Waals surface area contributed by atoms with Crippen LogP contribution in [0.4, 0.5) is 10.5 Å². The highest BCUT2D eigenvalue weighted by atomic mass is 32.1. The highest BCUT2D eigenvalue weighted by Crippen LogP contribution is 2.13. The van der Waals surface area contributed by atoms with Gasteiger partial charge in [0.2, 0.25) is 0 Å². The highest BCUT2D eigenvalue weighted by Gasteiger charge is 2.16. The van der Waals surface area contributed by atoms with Gasteiger partial charge in [-0.1, -0.05) is 60.7 Å². The summed E-state index contributed by atoms with van der Waals surface area (Å²) >= 11 is 5.02. The van der Waals surface area contributed by atoms with Gasteiger partial charge in [0.05, 0.1) is 0 Å². The topological polar surface area (TPSA) is 67.1 Å². The average molecular weight is 285 g/mol. The lowest BCUT2D eigenvalue weighted by molar-refractivity contribution is 0.251. The van der Waals surface area contributed by atoms with Crippen molar-refractivity contribution in [3.63, 3.8) is 0 Å². The minimum absolute atomic E-state index is 0.222. The largest absolute Gasteiger partial charge is 0.391 e. The molecular formula is C15H15N3OS. The molecule has 0 spiro atoms. The van der Waals surface area contributed by atoms with E-state index in [1.807, 2.05) is 48.5 Å². The molecule has 0 aromatic heterocycles. The summed E-state index contributed by atoms with van der Waals surface area (Å²) in [5.41, 5.74) is 7.26. The molecular weight excluding hydrogens is 270 g/mol. The summed E-state index contributed by atoms with van der Waals surface area (Å²) in [6.45, 7) is 0. The zero-order chi connectivity index (χ0) is 14.4. The van der Waals surface area contributed by atoms with Crippen LogP contribution in [0.15, 0.2) is 60.7 Å². The zero-order valence-electron chi connectivity index (χ0n) is 10.7. The van der Waals surface area contributed by atoms with Crippen LogP contribution in [0.3, 0.4) is 0 Å². The van der Waals surface area contributed by atoms with Crippen LogP contribution in [-0.4, -0.2) is 11.0 Å². The number of benzene rings is 2. The van der Waals surface area contributed by atoms with Gasteiger partial charge in [-0.15, -0.1) is 0 Å². The Labute approximate surface area is 123 Å². The number of nitrogens with one attached hydrogen (secondary N) is 2. The molecule has 1 unspecified atom stereocenters. The number of nitrogens with two attached hydrogens (primary N) is 1. The number of hydrogen-bond acceptors (Lipinski definition) is 2. The summed E-state index contributed by atoms with van der Waals surface area (Å²) in [5.74, 6) is 0. The van der Waals surface area contributed by atoms with Crippen molar-refractivity contribution >= 4 is 28.9 Å². The van der Waals surface area contributed by atoms with Crippen molar-refractivity contribution in [3.8, 4) is 0 Å². The molecule has 0 saturated carbocycles. The molecule has 4 nitrogen and oxygen atoms in total. The first-order valence-corrected chi connectivity index (χ1v) is 6.54. The van der Waals surface area contributed by atoms with E-state index in [4.69, 9.17) is 18.0 Å². The van der Waals surface area contributed by atoms with Crippen molar-refractivity contribution in [2.45, 2.75) is 6.04 Å². The predicted octanol–water partition coefficient (Wildman–Crippen LogP) is 2.84. The van der Waals surface area contributed by atoms with Crippen molar-refractivity contribution in [2.24, 2.45) is 5.73 Å².